The Morgan fingerprint density at radius 2 is 1.33 bits per heavy atom. The molecular formula is C21H37NO2. The Bertz CT molecular complexity index is 516. The summed E-state index contributed by atoms with van der Waals surface area (Å²) in [5, 5.41) is 0. The standard InChI is InChI=1S/C21H37NO2/c1-18(2,3)14-19(4,5)16-10-12-17(13-11-16)24-20(6,7)15-23-21(8,9)22/h10-13H,14-15,22H2,1-9H3. The number of hydrogen-bond acceptors (Lipinski definition) is 3. The van der Waals surface area contributed by atoms with Gasteiger partial charge >= 0.3 is 0 Å². The second kappa shape index (κ2) is 7.05. The van der Waals surface area contributed by atoms with E-state index in [9.17, 15) is 0 Å². The molecule has 0 saturated heterocycles. The van der Waals surface area contributed by atoms with E-state index in [4.69, 9.17) is 15.2 Å². The van der Waals surface area contributed by atoms with Crippen LogP contribution in [-0.4, -0.2) is 17.9 Å². The lowest BCUT2D eigenvalue weighted by atomic mass is 9.72. The highest BCUT2D eigenvalue weighted by molar-refractivity contribution is 5.32. The molecule has 3 nitrogen and oxygen atoms in total. The predicted octanol–water partition coefficient (Wildman–Crippen LogP) is 5.27. The van der Waals surface area contributed by atoms with Gasteiger partial charge in [0, 0.05) is 0 Å². The second-order valence-corrected chi connectivity index (χ2v) is 9.90. The number of hydrogen-bond donors (Lipinski definition) is 1. The molecule has 0 aliphatic carbocycles. The average molecular weight is 336 g/mol. The third-order valence-corrected chi connectivity index (χ3v) is 3.79. The lowest BCUT2D eigenvalue weighted by molar-refractivity contribution is -0.0781. The maximum Gasteiger partial charge on any atom is 0.127 e. The molecule has 0 fully saturated rings. The fourth-order valence-electron chi connectivity index (χ4n) is 3.11. The van der Waals surface area contributed by atoms with E-state index in [0.29, 0.717) is 12.0 Å². The summed E-state index contributed by atoms with van der Waals surface area (Å²) in [6.45, 7) is 19.6. The van der Waals surface area contributed by atoms with Crippen molar-refractivity contribution in [1.82, 2.24) is 0 Å². The Balaban J connectivity index is 2.77. The van der Waals surface area contributed by atoms with Crippen LogP contribution in [0.25, 0.3) is 0 Å². The minimum atomic E-state index is -0.651. The van der Waals surface area contributed by atoms with E-state index in [2.05, 4.69) is 58.9 Å². The number of nitrogens with two attached hydrogens (primary N) is 1. The minimum Gasteiger partial charge on any atom is -0.485 e. The van der Waals surface area contributed by atoms with Crippen LogP contribution < -0.4 is 10.5 Å². The SMILES string of the molecule is CC(C)(C)CC(C)(C)c1ccc(OC(C)(C)COC(C)(C)N)cc1. The number of benzene rings is 1. The van der Waals surface area contributed by atoms with Crippen molar-refractivity contribution in [3.05, 3.63) is 29.8 Å². The summed E-state index contributed by atoms with van der Waals surface area (Å²) in [4.78, 5) is 0. The van der Waals surface area contributed by atoms with Gasteiger partial charge in [-0.3, -0.25) is 0 Å². The number of rotatable bonds is 7. The average Bonchev–Trinajstić information content (AvgIpc) is 2.33. The topological polar surface area (TPSA) is 44.5 Å². The van der Waals surface area contributed by atoms with Crippen LogP contribution in [0.15, 0.2) is 24.3 Å². The van der Waals surface area contributed by atoms with Gasteiger partial charge in [-0.15, -0.1) is 0 Å². The lowest BCUT2D eigenvalue weighted by Gasteiger charge is -2.33. The van der Waals surface area contributed by atoms with Gasteiger partial charge in [-0.25, -0.2) is 0 Å². The van der Waals surface area contributed by atoms with Crippen molar-refractivity contribution in [2.45, 2.75) is 85.5 Å². The van der Waals surface area contributed by atoms with Gasteiger partial charge in [0.2, 0.25) is 0 Å². The molecule has 0 aromatic heterocycles. The normalized spacial score (nSPS) is 13.9. The minimum absolute atomic E-state index is 0.138. The van der Waals surface area contributed by atoms with Crippen LogP contribution in [0.2, 0.25) is 0 Å². The molecule has 0 aliphatic heterocycles. The molecule has 0 saturated carbocycles. The molecule has 1 rings (SSSR count). The molecule has 138 valence electrons. The molecule has 0 atom stereocenters. The van der Waals surface area contributed by atoms with Crippen molar-refractivity contribution in [2.24, 2.45) is 11.1 Å². The predicted molar refractivity (Wildman–Crippen MR) is 102 cm³/mol. The van der Waals surface area contributed by atoms with E-state index in [1.807, 2.05) is 27.7 Å². The van der Waals surface area contributed by atoms with Crippen LogP contribution in [0.3, 0.4) is 0 Å². The summed E-state index contributed by atoms with van der Waals surface area (Å²) in [7, 11) is 0. The fraction of sp³-hybridized carbons (Fsp3) is 0.714. The van der Waals surface area contributed by atoms with Crippen molar-refractivity contribution in [1.29, 1.82) is 0 Å². The summed E-state index contributed by atoms with van der Waals surface area (Å²) < 4.78 is 11.7. The molecule has 2 N–H and O–H groups in total. The smallest absolute Gasteiger partial charge is 0.127 e. The summed E-state index contributed by atoms with van der Waals surface area (Å²) >= 11 is 0. The molecule has 0 bridgehead atoms. The zero-order chi connectivity index (χ0) is 18.8. The van der Waals surface area contributed by atoms with E-state index in [1.54, 1.807) is 0 Å². The maximum absolute atomic E-state index is 6.09. The van der Waals surface area contributed by atoms with Crippen molar-refractivity contribution < 1.29 is 9.47 Å². The zero-order valence-corrected chi connectivity index (χ0v) is 17.1. The van der Waals surface area contributed by atoms with Gasteiger partial charge in [-0.05, 0) is 62.6 Å². The highest BCUT2D eigenvalue weighted by atomic mass is 16.6. The molecule has 0 heterocycles. The fourth-order valence-corrected chi connectivity index (χ4v) is 3.11. The summed E-state index contributed by atoms with van der Waals surface area (Å²) in [5.41, 5.74) is 6.57. The van der Waals surface area contributed by atoms with Crippen LogP contribution in [0.1, 0.15) is 74.3 Å². The van der Waals surface area contributed by atoms with Gasteiger partial charge in [-0.2, -0.15) is 0 Å². The van der Waals surface area contributed by atoms with E-state index in [0.717, 1.165) is 12.2 Å². The largest absolute Gasteiger partial charge is 0.485 e. The third kappa shape index (κ3) is 7.67. The van der Waals surface area contributed by atoms with Gasteiger partial charge < -0.3 is 15.2 Å². The van der Waals surface area contributed by atoms with Crippen molar-refractivity contribution in [3.63, 3.8) is 0 Å². The molecule has 0 amide bonds. The van der Waals surface area contributed by atoms with E-state index in [1.165, 1.54) is 5.56 Å². The van der Waals surface area contributed by atoms with Gasteiger partial charge in [-0.1, -0.05) is 46.8 Å². The first-order valence-electron chi connectivity index (χ1n) is 8.82. The third-order valence-electron chi connectivity index (χ3n) is 3.79. The molecule has 0 radical (unpaired) electrons. The maximum atomic E-state index is 6.09. The zero-order valence-electron chi connectivity index (χ0n) is 17.1. The van der Waals surface area contributed by atoms with Crippen molar-refractivity contribution in [3.8, 4) is 5.75 Å². The summed E-state index contributed by atoms with van der Waals surface area (Å²) in [5.74, 6) is 0.855. The highest BCUT2D eigenvalue weighted by Gasteiger charge is 2.28. The van der Waals surface area contributed by atoms with Crippen molar-refractivity contribution >= 4 is 0 Å². The molecule has 3 heteroatoms. The first-order valence-corrected chi connectivity index (χ1v) is 8.82. The van der Waals surface area contributed by atoms with Gasteiger partial charge in [0.25, 0.3) is 0 Å². The lowest BCUT2D eigenvalue weighted by Crippen LogP contribution is -2.43. The Hall–Kier alpha value is -1.06. The van der Waals surface area contributed by atoms with Crippen LogP contribution in [0.4, 0.5) is 0 Å². The Kier molecular flexibility index (Phi) is 6.16. The second-order valence-electron chi connectivity index (χ2n) is 9.90. The first-order chi connectivity index (χ1) is 10.6. The molecule has 1 aromatic rings. The van der Waals surface area contributed by atoms with E-state index < -0.39 is 11.3 Å². The number of ether oxygens (including phenoxy) is 2. The van der Waals surface area contributed by atoms with Crippen LogP contribution >= 0.6 is 0 Å². The Labute approximate surface area is 148 Å². The Morgan fingerprint density at radius 1 is 0.833 bits per heavy atom. The summed E-state index contributed by atoms with van der Waals surface area (Å²) in [6.07, 6.45) is 1.13. The first kappa shape index (κ1) is 21.0. The summed E-state index contributed by atoms with van der Waals surface area (Å²) in [6, 6.07) is 8.44. The molecule has 1 aromatic carbocycles. The molecular weight excluding hydrogens is 298 g/mol. The quantitative estimate of drug-likeness (QED) is 0.690. The van der Waals surface area contributed by atoms with Gasteiger partial charge in [0.05, 0.1) is 6.61 Å². The van der Waals surface area contributed by atoms with Gasteiger partial charge in [0.1, 0.15) is 17.1 Å². The van der Waals surface area contributed by atoms with Gasteiger partial charge in [0.15, 0.2) is 0 Å². The van der Waals surface area contributed by atoms with E-state index >= 15 is 0 Å². The molecule has 0 aliphatic rings. The Morgan fingerprint density at radius 3 is 1.75 bits per heavy atom. The van der Waals surface area contributed by atoms with Crippen LogP contribution in [-0.2, 0) is 10.2 Å². The highest BCUT2D eigenvalue weighted by Crippen LogP contribution is 2.36. The molecule has 0 unspecified atom stereocenters. The molecule has 24 heavy (non-hydrogen) atoms. The molecule has 0 spiro atoms. The van der Waals surface area contributed by atoms with Crippen LogP contribution in [0.5, 0.6) is 5.75 Å². The van der Waals surface area contributed by atoms with E-state index in [-0.39, 0.29) is 5.41 Å². The van der Waals surface area contributed by atoms with Crippen molar-refractivity contribution in [2.75, 3.05) is 6.61 Å². The monoisotopic (exact) mass is 335 g/mol. The van der Waals surface area contributed by atoms with Crippen LogP contribution in [0, 0.1) is 5.41 Å².